The van der Waals surface area contributed by atoms with E-state index >= 15 is 0 Å². The van der Waals surface area contributed by atoms with Gasteiger partial charge in [-0.15, -0.1) is 11.6 Å². The Morgan fingerprint density at radius 2 is 1.86 bits per heavy atom. The van der Waals surface area contributed by atoms with Crippen molar-refractivity contribution in [3.63, 3.8) is 0 Å². The molecular formula is C15H22ClNO3S. The van der Waals surface area contributed by atoms with Crippen molar-refractivity contribution in [1.82, 2.24) is 4.72 Å². The molecule has 0 unspecified atom stereocenters. The quantitative estimate of drug-likeness (QED) is 0.588. The SMILES string of the molecule is O=S(=O)(NCCOC1CCCC1)c1ccc(CCCl)cc1. The zero-order valence-electron chi connectivity index (χ0n) is 12.1. The van der Waals surface area contributed by atoms with Gasteiger partial charge in [0.2, 0.25) is 10.0 Å². The first-order valence-corrected chi connectivity index (χ1v) is 9.40. The fourth-order valence-corrected chi connectivity index (χ4v) is 3.72. The lowest BCUT2D eigenvalue weighted by molar-refractivity contribution is 0.0626. The van der Waals surface area contributed by atoms with E-state index in [0.717, 1.165) is 24.8 Å². The van der Waals surface area contributed by atoms with E-state index in [1.165, 1.54) is 12.8 Å². The number of ether oxygens (including phenoxy) is 1. The molecule has 1 aromatic rings. The van der Waals surface area contributed by atoms with E-state index in [1.54, 1.807) is 24.3 Å². The molecule has 0 aromatic heterocycles. The number of benzene rings is 1. The molecule has 0 saturated heterocycles. The summed E-state index contributed by atoms with van der Waals surface area (Å²) in [5.74, 6) is 0.531. The van der Waals surface area contributed by atoms with Gasteiger partial charge in [-0.25, -0.2) is 13.1 Å². The van der Waals surface area contributed by atoms with Gasteiger partial charge in [-0.05, 0) is 37.0 Å². The standard InChI is InChI=1S/C15H22ClNO3S/c16-10-9-13-5-7-15(8-6-13)21(18,19)17-11-12-20-14-3-1-2-4-14/h5-8,14,17H,1-4,9-12H2. The number of hydrogen-bond acceptors (Lipinski definition) is 3. The van der Waals surface area contributed by atoms with Crippen LogP contribution in [0.3, 0.4) is 0 Å². The fraction of sp³-hybridized carbons (Fsp3) is 0.600. The van der Waals surface area contributed by atoms with E-state index in [0.29, 0.717) is 25.1 Å². The summed E-state index contributed by atoms with van der Waals surface area (Å²) in [7, 11) is -3.45. The summed E-state index contributed by atoms with van der Waals surface area (Å²) in [6.45, 7) is 0.733. The summed E-state index contributed by atoms with van der Waals surface area (Å²) in [5.41, 5.74) is 1.04. The van der Waals surface area contributed by atoms with Crippen molar-refractivity contribution in [1.29, 1.82) is 0 Å². The Morgan fingerprint density at radius 1 is 1.19 bits per heavy atom. The van der Waals surface area contributed by atoms with Crippen molar-refractivity contribution >= 4 is 21.6 Å². The molecule has 0 amide bonds. The molecule has 1 saturated carbocycles. The van der Waals surface area contributed by atoms with Crippen LogP contribution in [-0.4, -0.2) is 33.6 Å². The Kier molecular flexibility index (Phi) is 6.48. The highest BCUT2D eigenvalue weighted by molar-refractivity contribution is 7.89. The lowest BCUT2D eigenvalue weighted by atomic mass is 10.2. The Morgan fingerprint density at radius 3 is 2.48 bits per heavy atom. The summed E-state index contributed by atoms with van der Waals surface area (Å²) in [6, 6.07) is 6.82. The van der Waals surface area contributed by atoms with Crippen LogP contribution in [0.15, 0.2) is 29.2 Å². The summed E-state index contributed by atoms with van der Waals surface area (Å²) in [5, 5.41) is 0. The average Bonchev–Trinajstić information content (AvgIpc) is 2.98. The van der Waals surface area contributed by atoms with Gasteiger partial charge in [0, 0.05) is 12.4 Å². The molecule has 0 bridgehead atoms. The van der Waals surface area contributed by atoms with Crippen molar-refractivity contribution in [2.75, 3.05) is 19.0 Å². The Hall–Kier alpha value is -0.620. The van der Waals surface area contributed by atoms with Crippen LogP contribution in [-0.2, 0) is 21.2 Å². The van der Waals surface area contributed by atoms with Crippen LogP contribution in [0.4, 0.5) is 0 Å². The Bertz CT molecular complexity index is 524. The van der Waals surface area contributed by atoms with E-state index in [2.05, 4.69) is 4.72 Å². The van der Waals surface area contributed by atoms with Gasteiger partial charge in [0.25, 0.3) is 0 Å². The normalized spacial score (nSPS) is 16.4. The van der Waals surface area contributed by atoms with Gasteiger partial charge >= 0.3 is 0 Å². The molecule has 0 heterocycles. The van der Waals surface area contributed by atoms with Gasteiger partial charge < -0.3 is 4.74 Å². The second-order valence-corrected chi connectivity index (χ2v) is 7.40. The molecule has 0 radical (unpaired) electrons. The molecule has 21 heavy (non-hydrogen) atoms. The second-order valence-electron chi connectivity index (χ2n) is 5.26. The first-order valence-electron chi connectivity index (χ1n) is 7.38. The second kappa shape index (κ2) is 8.13. The van der Waals surface area contributed by atoms with Crippen LogP contribution in [0, 0.1) is 0 Å². The number of sulfonamides is 1. The molecule has 1 fully saturated rings. The van der Waals surface area contributed by atoms with Crippen LogP contribution in [0.1, 0.15) is 31.2 Å². The van der Waals surface area contributed by atoms with E-state index in [4.69, 9.17) is 16.3 Å². The third-order valence-corrected chi connectivity index (χ3v) is 5.33. The predicted octanol–water partition coefficient (Wildman–Crippen LogP) is 2.71. The third-order valence-electron chi connectivity index (χ3n) is 3.67. The minimum atomic E-state index is -3.45. The monoisotopic (exact) mass is 331 g/mol. The first-order chi connectivity index (χ1) is 10.1. The van der Waals surface area contributed by atoms with Crippen LogP contribution >= 0.6 is 11.6 Å². The number of halogens is 1. The maximum absolute atomic E-state index is 12.1. The minimum Gasteiger partial charge on any atom is -0.377 e. The number of alkyl halides is 1. The van der Waals surface area contributed by atoms with Gasteiger partial charge in [-0.1, -0.05) is 25.0 Å². The summed E-state index contributed by atoms with van der Waals surface area (Å²) in [4.78, 5) is 0.279. The molecule has 1 N–H and O–H groups in total. The van der Waals surface area contributed by atoms with Gasteiger partial charge in [0.05, 0.1) is 17.6 Å². The van der Waals surface area contributed by atoms with Crippen LogP contribution in [0.5, 0.6) is 0 Å². The van der Waals surface area contributed by atoms with Gasteiger partial charge in [0.1, 0.15) is 0 Å². The Balaban J connectivity index is 1.80. The minimum absolute atomic E-state index is 0.279. The van der Waals surface area contributed by atoms with Crippen molar-refractivity contribution in [2.24, 2.45) is 0 Å². The smallest absolute Gasteiger partial charge is 0.240 e. The third kappa shape index (κ3) is 5.25. The van der Waals surface area contributed by atoms with Crippen molar-refractivity contribution in [2.45, 2.75) is 43.1 Å². The number of hydrogen-bond donors (Lipinski definition) is 1. The molecule has 4 nitrogen and oxygen atoms in total. The highest BCUT2D eigenvalue weighted by Gasteiger charge is 2.16. The molecule has 6 heteroatoms. The van der Waals surface area contributed by atoms with E-state index in [-0.39, 0.29) is 4.90 Å². The molecule has 1 aliphatic rings. The zero-order chi connectivity index (χ0) is 15.1. The molecule has 0 spiro atoms. The molecule has 118 valence electrons. The number of aryl methyl sites for hydroxylation is 1. The molecular weight excluding hydrogens is 310 g/mol. The summed E-state index contributed by atoms with van der Waals surface area (Å²) < 4.78 is 32.4. The van der Waals surface area contributed by atoms with Crippen LogP contribution in [0.2, 0.25) is 0 Å². The number of rotatable bonds is 8. The topological polar surface area (TPSA) is 55.4 Å². The maximum Gasteiger partial charge on any atom is 0.240 e. The van der Waals surface area contributed by atoms with E-state index in [9.17, 15) is 8.42 Å². The van der Waals surface area contributed by atoms with E-state index < -0.39 is 10.0 Å². The van der Waals surface area contributed by atoms with Crippen molar-refractivity contribution < 1.29 is 13.2 Å². The maximum atomic E-state index is 12.1. The zero-order valence-corrected chi connectivity index (χ0v) is 13.6. The molecule has 0 aliphatic heterocycles. The fourth-order valence-electron chi connectivity index (χ4n) is 2.48. The van der Waals surface area contributed by atoms with Gasteiger partial charge in [0.15, 0.2) is 0 Å². The molecule has 0 atom stereocenters. The van der Waals surface area contributed by atoms with E-state index in [1.807, 2.05) is 0 Å². The lowest BCUT2D eigenvalue weighted by Crippen LogP contribution is -2.28. The number of nitrogens with one attached hydrogen (secondary N) is 1. The predicted molar refractivity (Wildman–Crippen MR) is 84.3 cm³/mol. The van der Waals surface area contributed by atoms with Crippen molar-refractivity contribution in [3.05, 3.63) is 29.8 Å². The van der Waals surface area contributed by atoms with Crippen LogP contribution in [0.25, 0.3) is 0 Å². The summed E-state index contributed by atoms with van der Waals surface area (Å²) in [6.07, 6.45) is 5.66. The Labute approximate surface area is 131 Å². The lowest BCUT2D eigenvalue weighted by Gasteiger charge is -2.12. The largest absolute Gasteiger partial charge is 0.377 e. The van der Waals surface area contributed by atoms with Gasteiger partial charge in [-0.3, -0.25) is 0 Å². The average molecular weight is 332 g/mol. The molecule has 1 aromatic carbocycles. The van der Waals surface area contributed by atoms with Gasteiger partial charge in [-0.2, -0.15) is 0 Å². The van der Waals surface area contributed by atoms with Crippen molar-refractivity contribution in [3.8, 4) is 0 Å². The first kappa shape index (κ1) is 16.7. The molecule has 2 rings (SSSR count). The summed E-state index contributed by atoms with van der Waals surface area (Å²) >= 11 is 5.66. The molecule has 1 aliphatic carbocycles. The highest BCUT2D eigenvalue weighted by Crippen LogP contribution is 2.20. The highest BCUT2D eigenvalue weighted by atomic mass is 35.5. The van der Waals surface area contributed by atoms with Crippen LogP contribution < -0.4 is 4.72 Å².